The molecule has 7 nitrogen and oxygen atoms in total. The molecule has 0 bridgehead atoms. The monoisotopic (exact) mass is 343 g/mol. The van der Waals surface area contributed by atoms with E-state index in [1.807, 2.05) is 25.3 Å². The number of aromatic nitrogens is 4. The number of aryl methyl sites for hydroxylation is 1. The van der Waals surface area contributed by atoms with Crippen LogP contribution in [-0.4, -0.2) is 31.4 Å². The molecule has 1 aliphatic carbocycles. The Morgan fingerprint density at radius 3 is 2.83 bits per heavy atom. The van der Waals surface area contributed by atoms with E-state index in [0.29, 0.717) is 18.0 Å². The predicted molar refractivity (Wildman–Crippen MR) is 97.9 cm³/mol. The quantitative estimate of drug-likeness (QED) is 0.580. The van der Waals surface area contributed by atoms with Gasteiger partial charge in [0, 0.05) is 18.3 Å². The van der Waals surface area contributed by atoms with Crippen molar-refractivity contribution in [1.82, 2.24) is 19.3 Å². The zero-order valence-electron chi connectivity index (χ0n) is 13.5. The molecular weight excluding hydrogens is 322 g/mol. The molecule has 1 fully saturated rings. The van der Waals surface area contributed by atoms with E-state index in [-0.39, 0.29) is 0 Å². The minimum atomic E-state index is 0.339. The number of nitrogens with two attached hydrogens (primary N) is 1. The molecule has 0 radical (unpaired) electrons. The molecule has 0 unspecified atom stereocenters. The highest BCUT2D eigenvalue weighted by atomic mass is 32.1. The van der Waals surface area contributed by atoms with Gasteiger partial charge in [-0.05, 0) is 56.3 Å². The van der Waals surface area contributed by atoms with E-state index in [2.05, 4.69) is 30.0 Å². The third kappa shape index (κ3) is 3.20. The lowest BCUT2D eigenvalue weighted by Gasteiger charge is -2.27. The SMILES string of the molecule is Cc1cc(Nc2nc(NC3CCC(N)CC3)c3[nH]ccc3n2)sn1. The van der Waals surface area contributed by atoms with Crippen LogP contribution in [0.3, 0.4) is 0 Å². The fourth-order valence-corrected chi connectivity index (χ4v) is 3.75. The summed E-state index contributed by atoms with van der Waals surface area (Å²) in [6, 6.07) is 4.70. The van der Waals surface area contributed by atoms with Crippen LogP contribution in [0.1, 0.15) is 31.4 Å². The van der Waals surface area contributed by atoms with Gasteiger partial charge in [-0.2, -0.15) is 9.36 Å². The molecule has 3 heterocycles. The maximum Gasteiger partial charge on any atom is 0.230 e. The van der Waals surface area contributed by atoms with Crippen molar-refractivity contribution in [2.24, 2.45) is 5.73 Å². The highest BCUT2D eigenvalue weighted by molar-refractivity contribution is 7.10. The summed E-state index contributed by atoms with van der Waals surface area (Å²) in [5.41, 5.74) is 8.82. The molecule has 0 aliphatic heterocycles. The lowest BCUT2D eigenvalue weighted by molar-refractivity contribution is 0.410. The largest absolute Gasteiger partial charge is 0.365 e. The summed E-state index contributed by atoms with van der Waals surface area (Å²) in [6.45, 7) is 1.97. The van der Waals surface area contributed by atoms with Crippen LogP contribution in [0.25, 0.3) is 11.0 Å². The van der Waals surface area contributed by atoms with E-state index in [4.69, 9.17) is 5.73 Å². The van der Waals surface area contributed by atoms with Crippen molar-refractivity contribution in [2.75, 3.05) is 10.6 Å². The number of rotatable bonds is 4. The van der Waals surface area contributed by atoms with Gasteiger partial charge < -0.3 is 21.4 Å². The summed E-state index contributed by atoms with van der Waals surface area (Å²) in [5, 5.41) is 7.76. The fraction of sp³-hybridized carbons (Fsp3) is 0.438. The number of nitrogens with zero attached hydrogens (tertiary/aromatic N) is 3. The molecular formula is C16H21N7S. The first-order valence-electron chi connectivity index (χ1n) is 8.25. The van der Waals surface area contributed by atoms with Gasteiger partial charge in [0.05, 0.1) is 11.2 Å². The normalized spacial score (nSPS) is 21.1. The Morgan fingerprint density at radius 2 is 2.08 bits per heavy atom. The van der Waals surface area contributed by atoms with Gasteiger partial charge in [0.2, 0.25) is 5.95 Å². The van der Waals surface area contributed by atoms with Crippen LogP contribution in [0.2, 0.25) is 0 Å². The van der Waals surface area contributed by atoms with Crippen LogP contribution >= 0.6 is 11.5 Å². The summed E-state index contributed by atoms with van der Waals surface area (Å²) < 4.78 is 4.28. The van der Waals surface area contributed by atoms with Crippen LogP contribution in [0, 0.1) is 6.92 Å². The van der Waals surface area contributed by atoms with E-state index in [1.54, 1.807) is 0 Å². The number of aromatic amines is 1. The number of nitrogens with one attached hydrogen (secondary N) is 3. The molecule has 0 spiro atoms. The van der Waals surface area contributed by atoms with E-state index in [1.165, 1.54) is 11.5 Å². The molecule has 0 amide bonds. The van der Waals surface area contributed by atoms with Crippen molar-refractivity contribution >= 4 is 39.3 Å². The van der Waals surface area contributed by atoms with Gasteiger partial charge in [-0.25, -0.2) is 4.98 Å². The zero-order chi connectivity index (χ0) is 16.5. The zero-order valence-corrected chi connectivity index (χ0v) is 14.4. The summed E-state index contributed by atoms with van der Waals surface area (Å²) >= 11 is 1.41. The average molecular weight is 343 g/mol. The van der Waals surface area contributed by atoms with E-state index in [0.717, 1.165) is 53.2 Å². The molecule has 0 saturated heterocycles. The van der Waals surface area contributed by atoms with Crippen molar-refractivity contribution < 1.29 is 0 Å². The van der Waals surface area contributed by atoms with Gasteiger partial charge in [0.25, 0.3) is 0 Å². The van der Waals surface area contributed by atoms with E-state index >= 15 is 0 Å². The Bertz CT molecular complexity index is 832. The van der Waals surface area contributed by atoms with Crippen LogP contribution < -0.4 is 16.4 Å². The lowest BCUT2D eigenvalue weighted by Crippen LogP contribution is -2.33. The molecule has 4 rings (SSSR count). The first kappa shape index (κ1) is 15.3. The van der Waals surface area contributed by atoms with Crippen molar-refractivity contribution in [3.8, 4) is 0 Å². The Morgan fingerprint density at radius 1 is 1.25 bits per heavy atom. The topological polar surface area (TPSA) is 105 Å². The van der Waals surface area contributed by atoms with Crippen LogP contribution in [0.4, 0.5) is 16.8 Å². The molecule has 5 N–H and O–H groups in total. The van der Waals surface area contributed by atoms with Gasteiger partial charge in [0.1, 0.15) is 10.5 Å². The number of hydrogen-bond acceptors (Lipinski definition) is 7. The third-order valence-electron chi connectivity index (χ3n) is 4.38. The van der Waals surface area contributed by atoms with Crippen LogP contribution in [0.5, 0.6) is 0 Å². The highest BCUT2D eigenvalue weighted by Crippen LogP contribution is 2.27. The van der Waals surface area contributed by atoms with Crippen LogP contribution in [0.15, 0.2) is 18.3 Å². The Kier molecular flexibility index (Phi) is 4.07. The highest BCUT2D eigenvalue weighted by Gasteiger charge is 2.20. The first-order valence-corrected chi connectivity index (χ1v) is 9.02. The van der Waals surface area contributed by atoms with Gasteiger partial charge in [0.15, 0.2) is 5.82 Å². The minimum Gasteiger partial charge on any atom is -0.365 e. The predicted octanol–water partition coefficient (Wildman–Crippen LogP) is 3.15. The summed E-state index contributed by atoms with van der Waals surface area (Å²) in [5.74, 6) is 1.43. The molecule has 8 heteroatoms. The van der Waals surface area contributed by atoms with Gasteiger partial charge in [-0.1, -0.05) is 0 Å². The van der Waals surface area contributed by atoms with Gasteiger partial charge in [-0.15, -0.1) is 0 Å². The third-order valence-corrected chi connectivity index (χ3v) is 5.18. The standard InChI is InChI=1S/C16H21N7S/c1-9-8-13(24-23-9)21-16-20-12-6-7-18-14(12)15(22-16)19-11-4-2-10(17)3-5-11/h6-8,10-11,18H,2-5,17H2,1H3,(H2,19,20,21,22). The number of fused-ring (bicyclic) bond motifs is 1. The maximum absolute atomic E-state index is 6.00. The summed E-state index contributed by atoms with van der Waals surface area (Å²) in [7, 11) is 0. The number of hydrogen-bond donors (Lipinski definition) is 4. The average Bonchev–Trinajstić information content (AvgIpc) is 3.19. The molecule has 3 aromatic heterocycles. The number of anilines is 3. The molecule has 1 saturated carbocycles. The van der Waals surface area contributed by atoms with Gasteiger partial charge >= 0.3 is 0 Å². The molecule has 0 atom stereocenters. The fourth-order valence-electron chi connectivity index (χ4n) is 3.09. The van der Waals surface area contributed by atoms with Crippen molar-refractivity contribution in [3.05, 3.63) is 24.0 Å². The van der Waals surface area contributed by atoms with E-state index < -0.39 is 0 Å². The molecule has 1 aliphatic rings. The van der Waals surface area contributed by atoms with Crippen molar-refractivity contribution in [3.63, 3.8) is 0 Å². The second kappa shape index (κ2) is 6.37. The minimum absolute atomic E-state index is 0.339. The maximum atomic E-state index is 6.00. The molecule has 24 heavy (non-hydrogen) atoms. The first-order chi connectivity index (χ1) is 11.7. The molecule has 126 valence electrons. The Hall–Kier alpha value is -2.19. The molecule has 3 aromatic rings. The second-order valence-corrected chi connectivity index (χ2v) is 7.15. The van der Waals surface area contributed by atoms with Gasteiger partial charge in [-0.3, -0.25) is 0 Å². The van der Waals surface area contributed by atoms with Crippen molar-refractivity contribution in [1.29, 1.82) is 0 Å². The lowest BCUT2D eigenvalue weighted by atomic mass is 9.92. The number of H-pyrrole nitrogens is 1. The van der Waals surface area contributed by atoms with Crippen molar-refractivity contribution in [2.45, 2.75) is 44.7 Å². The molecule has 0 aromatic carbocycles. The summed E-state index contributed by atoms with van der Waals surface area (Å²) in [4.78, 5) is 12.5. The Balaban J connectivity index is 1.60. The summed E-state index contributed by atoms with van der Waals surface area (Å²) in [6.07, 6.45) is 6.15. The van der Waals surface area contributed by atoms with E-state index in [9.17, 15) is 0 Å². The smallest absolute Gasteiger partial charge is 0.230 e. The van der Waals surface area contributed by atoms with Crippen LogP contribution in [-0.2, 0) is 0 Å². The Labute approximate surface area is 144 Å². The second-order valence-electron chi connectivity index (χ2n) is 6.35.